The first kappa shape index (κ1) is 28.8. The Kier molecular flexibility index (Phi) is 8.81. The molecule has 1 atom stereocenters. The second-order valence-corrected chi connectivity index (χ2v) is 11.7. The maximum absolute atomic E-state index is 13.9. The zero-order valence-electron chi connectivity index (χ0n) is 23.2. The fraction of sp³-hybridized carbons (Fsp3) is 0.367. The van der Waals surface area contributed by atoms with Crippen LogP contribution >= 0.6 is 27.3 Å². The number of methoxy groups -OCH3 is 1. The number of esters is 1. The highest BCUT2D eigenvalue weighted by Crippen LogP contribution is 2.37. The fourth-order valence-corrected chi connectivity index (χ4v) is 6.09. The van der Waals surface area contributed by atoms with Crippen molar-refractivity contribution >= 4 is 39.3 Å². The lowest BCUT2D eigenvalue weighted by molar-refractivity contribution is -0.139. The van der Waals surface area contributed by atoms with Crippen molar-refractivity contribution in [1.82, 2.24) is 4.57 Å². The summed E-state index contributed by atoms with van der Waals surface area (Å²) in [4.78, 5) is 32.2. The van der Waals surface area contributed by atoms with E-state index in [0.717, 1.165) is 15.6 Å². The predicted molar refractivity (Wildman–Crippen MR) is 157 cm³/mol. The van der Waals surface area contributed by atoms with Gasteiger partial charge in [-0.25, -0.2) is 9.79 Å². The van der Waals surface area contributed by atoms with Crippen LogP contribution in [0.3, 0.4) is 0 Å². The van der Waals surface area contributed by atoms with Crippen molar-refractivity contribution in [3.05, 3.63) is 88.5 Å². The smallest absolute Gasteiger partial charge is 0.338 e. The van der Waals surface area contributed by atoms with Crippen molar-refractivity contribution in [3.8, 4) is 11.5 Å². The third-order valence-electron chi connectivity index (χ3n) is 6.34. The Hall–Kier alpha value is -3.17. The van der Waals surface area contributed by atoms with Gasteiger partial charge in [0.25, 0.3) is 5.56 Å². The Morgan fingerprint density at radius 1 is 1.18 bits per heavy atom. The van der Waals surface area contributed by atoms with Crippen molar-refractivity contribution < 1.29 is 19.0 Å². The summed E-state index contributed by atoms with van der Waals surface area (Å²) < 4.78 is 19.7. The Labute approximate surface area is 240 Å². The highest BCUT2D eigenvalue weighted by Gasteiger charge is 2.33. The molecule has 0 aliphatic carbocycles. The standard InChI is InChI=1S/C30H33BrN2O5S/c1-8-37-29(35)25-18(6)32-30-33(26(25)21-11-9-20(10-12-21)16(2)3)28(34)24(39-30)15-19-13-22(31)27(38-17(4)5)23(14-19)36-7/h9-17,26H,8H2,1-7H3. The molecule has 7 nitrogen and oxygen atoms in total. The first-order valence-corrected chi connectivity index (χ1v) is 14.5. The number of benzene rings is 2. The van der Waals surface area contributed by atoms with E-state index >= 15 is 0 Å². The van der Waals surface area contributed by atoms with Gasteiger partial charge in [-0.05, 0) is 84.4 Å². The van der Waals surface area contributed by atoms with E-state index in [4.69, 9.17) is 14.2 Å². The predicted octanol–water partition coefficient (Wildman–Crippen LogP) is 5.48. The van der Waals surface area contributed by atoms with Gasteiger partial charge in [-0.15, -0.1) is 0 Å². The number of rotatable bonds is 8. The van der Waals surface area contributed by atoms with Gasteiger partial charge < -0.3 is 14.2 Å². The number of halogens is 1. The van der Waals surface area contributed by atoms with Gasteiger partial charge in [-0.2, -0.15) is 0 Å². The van der Waals surface area contributed by atoms with E-state index in [1.54, 1.807) is 31.6 Å². The van der Waals surface area contributed by atoms with Gasteiger partial charge in [0, 0.05) is 0 Å². The average molecular weight is 614 g/mol. The van der Waals surface area contributed by atoms with Gasteiger partial charge in [-0.3, -0.25) is 9.36 Å². The molecule has 1 aromatic heterocycles. The number of nitrogens with zero attached hydrogens (tertiary/aromatic N) is 2. The summed E-state index contributed by atoms with van der Waals surface area (Å²) in [6.07, 6.45) is 1.77. The third kappa shape index (κ3) is 5.89. The molecule has 0 fully saturated rings. The number of hydrogen-bond donors (Lipinski definition) is 0. The summed E-state index contributed by atoms with van der Waals surface area (Å²) >= 11 is 4.86. The third-order valence-corrected chi connectivity index (χ3v) is 7.91. The number of ether oxygens (including phenoxy) is 3. The lowest BCUT2D eigenvalue weighted by Gasteiger charge is -2.25. The van der Waals surface area contributed by atoms with Crippen molar-refractivity contribution in [3.63, 3.8) is 0 Å². The lowest BCUT2D eigenvalue weighted by atomic mass is 9.93. The summed E-state index contributed by atoms with van der Waals surface area (Å²) in [5.74, 6) is 1.04. The molecule has 0 radical (unpaired) electrons. The molecule has 4 rings (SSSR count). The van der Waals surface area contributed by atoms with Crippen LogP contribution in [0.15, 0.2) is 61.9 Å². The Balaban J connectivity index is 1.90. The van der Waals surface area contributed by atoms with E-state index in [1.807, 2.05) is 50.2 Å². The zero-order valence-corrected chi connectivity index (χ0v) is 25.6. The average Bonchev–Trinajstić information content (AvgIpc) is 3.18. The molecular formula is C30H33BrN2O5S. The lowest BCUT2D eigenvalue weighted by Crippen LogP contribution is -2.39. The van der Waals surface area contributed by atoms with Crippen molar-refractivity contribution in [2.75, 3.05) is 13.7 Å². The van der Waals surface area contributed by atoms with Crippen molar-refractivity contribution in [2.45, 2.75) is 59.6 Å². The van der Waals surface area contributed by atoms with E-state index in [2.05, 4.69) is 34.8 Å². The minimum absolute atomic E-state index is 0.0313. The highest BCUT2D eigenvalue weighted by molar-refractivity contribution is 9.10. The summed E-state index contributed by atoms with van der Waals surface area (Å²) in [7, 11) is 1.58. The van der Waals surface area contributed by atoms with Gasteiger partial charge >= 0.3 is 5.97 Å². The number of allylic oxidation sites excluding steroid dienone is 1. The molecule has 206 valence electrons. The van der Waals surface area contributed by atoms with Crippen LogP contribution in [0, 0.1) is 0 Å². The van der Waals surface area contributed by atoms with Gasteiger partial charge in [-0.1, -0.05) is 49.4 Å². The molecule has 0 spiro atoms. The second kappa shape index (κ2) is 11.9. The summed E-state index contributed by atoms with van der Waals surface area (Å²) in [6, 6.07) is 11.1. The van der Waals surface area contributed by atoms with E-state index in [-0.39, 0.29) is 18.3 Å². The van der Waals surface area contributed by atoms with Crippen LogP contribution in [-0.4, -0.2) is 30.4 Å². The molecule has 3 aromatic rings. The normalized spacial score (nSPS) is 15.4. The quantitative estimate of drug-likeness (QED) is 0.315. The maximum Gasteiger partial charge on any atom is 0.338 e. The topological polar surface area (TPSA) is 79.1 Å². The molecule has 2 aromatic carbocycles. The van der Waals surface area contributed by atoms with Crippen LogP contribution in [0.2, 0.25) is 0 Å². The van der Waals surface area contributed by atoms with E-state index in [0.29, 0.717) is 38.0 Å². The number of hydrogen-bond acceptors (Lipinski definition) is 7. The highest BCUT2D eigenvalue weighted by atomic mass is 79.9. The summed E-state index contributed by atoms with van der Waals surface area (Å²) in [5, 5.41) is 0. The molecule has 1 aliphatic heterocycles. The van der Waals surface area contributed by atoms with Crippen LogP contribution in [0.25, 0.3) is 6.08 Å². The van der Waals surface area contributed by atoms with Crippen LogP contribution in [0.1, 0.15) is 70.2 Å². The number of aromatic nitrogens is 1. The molecule has 1 unspecified atom stereocenters. The van der Waals surface area contributed by atoms with Crippen LogP contribution in [0.5, 0.6) is 11.5 Å². The molecule has 1 aliphatic rings. The molecule has 0 amide bonds. The molecule has 2 heterocycles. The summed E-state index contributed by atoms with van der Waals surface area (Å²) in [5.41, 5.74) is 3.44. The number of carbonyl (C=O) groups is 1. The molecule has 0 saturated heterocycles. The monoisotopic (exact) mass is 612 g/mol. The Morgan fingerprint density at radius 2 is 1.87 bits per heavy atom. The Morgan fingerprint density at radius 3 is 2.46 bits per heavy atom. The number of carbonyl (C=O) groups excluding carboxylic acids is 1. The first-order valence-electron chi connectivity index (χ1n) is 12.9. The minimum atomic E-state index is -0.647. The number of fused-ring (bicyclic) bond motifs is 1. The van der Waals surface area contributed by atoms with Crippen LogP contribution in [-0.2, 0) is 9.53 Å². The SMILES string of the molecule is CCOC(=O)C1=C(C)N=c2sc(=Cc3cc(Br)c(OC(C)C)c(OC)c3)c(=O)n2C1c1ccc(C(C)C)cc1. The molecular weight excluding hydrogens is 580 g/mol. The first-order chi connectivity index (χ1) is 18.5. The largest absolute Gasteiger partial charge is 0.493 e. The van der Waals surface area contributed by atoms with Crippen LogP contribution < -0.4 is 24.4 Å². The zero-order chi connectivity index (χ0) is 28.4. The van der Waals surface area contributed by atoms with Gasteiger partial charge in [0.2, 0.25) is 0 Å². The Bertz CT molecular complexity index is 1600. The summed E-state index contributed by atoms with van der Waals surface area (Å²) in [6.45, 7) is 11.9. The van der Waals surface area contributed by atoms with E-state index < -0.39 is 12.0 Å². The van der Waals surface area contributed by atoms with E-state index in [1.165, 1.54) is 16.9 Å². The minimum Gasteiger partial charge on any atom is -0.493 e. The molecule has 0 saturated carbocycles. The molecule has 9 heteroatoms. The number of thiazole rings is 1. The molecule has 0 bridgehead atoms. The van der Waals surface area contributed by atoms with Crippen molar-refractivity contribution in [1.29, 1.82) is 0 Å². The van der Waals surface area contributed by atoms with Gasteiger partial charge in [0.1, 0.15) is 0 Å². The van der Waals surface area contributed by atoms with Gasteiger partial charge in [0.15, 0.2) is 16.3 Å². The van der Waals surface area contributed by atoms with Crippen LogP contribution in [0.4, 0.5) is 0 Å². The van der Waals surface area contributed by atoms with E-state index in [9.17, 15) is 9.59 Å². The van der Waals surface area contributed by atoms with Crippen molar-refractivity contribution in [2.24, 2.45) is 4.99 Å². The molecule has 39 heavy (non-hydrogen) atoms. The fourth-order valence-electron chi connectivity index (χ4n) is 4.49. The molecule has 0 N–H and O–H groups in total. The maximum atomic E-state index is 13.9. The van der Waals surface area contributed by atoms with Gasteiger partial charge in [0.05, 0.1) is 46.1 Å². The second-order valence-electron chi connectivity index (χ2n) is 9.82.